The van der Waals surface area contributed by atoms with Crippen LogP contribution in [-0.2, 0) is 30.6 Å². The summed E-state index contributed by atoms with van der Waals surface area (Å²) in [4.78, 5) is 43.1. The number of piperidine rings is 2. The van der Waals surface area contributed by atoms with Crippen molar-refractivity contribution in [3.05, 3.63) is 48.0 Å². The van der Waals surface area contributed by atoms with Gasteiger partial charge in [0.15, 0.2) is 14.6 Å². The highest BCUT2D eigenvalue weighted by Crippen LogP contribution is 2.38. The zero-order valence-corrected chi connectivity index (χ0v) is 29.4. The van der Waals surface area contributed by atoms with E-state index < -0.39 is 50.7 Å². The molecule has 2 aliphatic rings. The number of rotatable bonds is 12. The van der Waals surface area contributed by atoms with Gasteiger partial charge in [0.2, 0.25) is 5.91 Å². The molecule has 0 aromatic heterocycles. The van der Waals surface area contributed by atoms with Gasteiger partial charge >= 0.3 is 12.1 Å². The minimum Gasteiger partial charge on any atom is -0.496 e. The number of carbonyl (C=O) groups excluding carboxylic acids is 2. The van der Waals surface area contributed by atoms with Crippen LogP contribution in [0.15, 0.2) is 42.5 Å². The van der Waals surface area contributed by atoms with Crippen molar-refractivity contribution in [1.29, 1.82) is 0 Å². The lowest BCUT2D eigenvalue weighted by atomic mass is 9.95. The number of aliphatic carboxylic acids is 1. The summed E-state index contributed by atoms with van der Waals surface area (Å²) in [5.41, 5.74) is 1.31. The van der Waals surface area contributed by atoms with Crippen molar-refractivity contribution in [3.63, 3.8) is 0 Å². The number of carboxylic acid groups (broad SMARTS) is 1. The van der Waals surface area contributed by atoms with Gasteiger partial charge in [-0.3, -0.25) is 4.79 Å². The molecule has 4 rings (SSSR count). The van der Waals surface area contributed by atoms with Gasteiger partial charge < -0.3 is 34.4 Å². The molecule has 2 saturated heterocycles. The molecule has 0 spiro atoms. The number of nitrogens with one attached hydrogen (secondary N) is 1. The number of amides is 2. The number of methoxy groups -OCH3 is 2. The summed E-state index contributed by atoms with van der Waals surface area (Å²) in [6, 6.07) is 11.1. The Morgan fingerprint density at radius 1 is 0.938 bits per heavy atom. The third-order valence-electron chi connectivity index (χ3n) is 8.95. The van der Waals surface area contributed by atoms with Gasteiger partial charge in [0.25, 0.3) is 0 Å². The smallest absolute Gasteiger partial charge is 0.410 e. The molecule has 2 aromatic rings. The highest BCUT2D eigenvalue weighted by molar-refractivity contribution is 7.93. The number of carbonyl (C=O) groups is 3. The van der Waals surface area contributed by atoms with Gasteiger partial charge in [0.1, 0.15) is 23.1 Å². The maximum Gasteiger partial charge on any atom is 0.410 e. The maximum atomic E-state index is 14.2. The molecule has 1 unspecified atom stereocenters. The first-order valence-corrected chi connectivity index (χ1v) is 18.1. The van der Waals surface area contributed by atoms with Crippen molar-refractivity contribution in [2.45, 2.75) is 75.7 Å². The topological polar surface area (TPSA) is 152 Å². The second-order valence-corrected chi connectivity index (χ2v) is 15.9. The molecule has 0 saturated carbocycles. The van der Waals surface area contributed by atoms with E-state index in [-0.39, 0.29) is 38.1 Å². The Morgan fingerprint density at radius 2 is 1.56 bits per heavy atom. The van der Waals surface area contributed by atoms with Crippen LogP contribution in [0.3, 0.4) is 0 Å². The summed E-state index contributed by atoms with van der Waals surface area (Å²) in [5.74, 6) is -1.29. The Hall–Kier alpha value is -3.84. The van der Waals surface area contributed by atoms with Crippen LogP contribution in [-0.4, -0.2) is 110 Å². The fourth-order valence-corrected chi connectivity index (χ4v) is 8.42. The van der Waals surface area contributed by atoms with Crippen LogP contribution in [0, 0.1) is 0 Å². The van der Waals surface area contributed by atoms with Gasteiger partial charge in [-0.25, -0.2) is 18.0 Å². The van der Waals surface area contributed by atoms with E-state index in [0.717, 1.165) is 43.5 Å². The number of nitrogens with zero attached hydrogens (tertiary/aromatic N) is 2. The molecule has 0 radical (unpaired) electrons. The normalized spacial score (nSPS) is 19.6. The number of sulfone groups is 1. The Balaban J connectivity index is 1.59. The zero-order valence-electron chi connectivity index (χ0n) is 28.6. The molecule has 2 atom stereocenters. The van der Waals surface area contributed by atoms with Crippen LogP contribution in [0.2, 0.25) is 0 Å². The predicted molar refractivity (Wildman–Crippen MR) is 182 cm³/mol. The average molecular weight is 688 g/mol. The van der Waals surface area contributed by atoms with Crippen LogP contribution in [0.1, 0.15) is 58.4 Å². The van der Waals surface area contributed by atoms with Crippen molar-refractivity contribution >= 4 is 27.8 Å². The number of hydrogen-bond acceptors (Lipinski definition) is 9. The first kappa shape index (κ1) is 37.0. The van der Waals surface area contributed by atoms with E-state index in [9.17, 15) is 27.9 Å². The molecule has 2 fully saturated rings. The average Bonchev–Trinajstić information content (AvgIpc) is 3.06. The van der Waals surface area contributed by atoms with E-state index in [2.05, 4.69) is 10.2 Å². The lowest BCUT2D eigenvalue weighted by Crippen LogP contribution is -2.65. The Kier molecular flexibility index (Phi) is 12.0. The predicted octanol–water partition coefficient (Wildman–Crippen LogP) is 4.15. The summed E-state index contributed by atoms with van der Waals surface area (Å²) in [6.45, 7) is 6.75. The molecule has 0 bridgehead atoms. The SMILES string of the molecule is COc1cccc(OC)c1-c1ccc(C[C@H](NC(=O)C2(S(=O)(=O)CCN3CCCCC3)CCCN(C(=O)OC(C)(C)C)C2)C(=O)O)cc1. The van der Waals surface area contributed by atoms with Crippen molar-refractivity contribution in [1.82, 2.24) is 15.1 Å². The Bertz CT molecular complexity index is 1530. The molecule has 12 nitrogen and oxygen atoms in total. The minimum atomic E-state index is -4.17. The Morgan fingerprint density at radius 3 is 2.12 bits per heavy atom. The molecule has 0 aliphatic carbocycles. The zero-order chi connectivity index (χ0) is 35.1. The molecule has 2 N–H and O–H groups in total. The summed E-state index contributed by atoms with van der Waals surface area (Å²) < 4.78 is 42.9. The molecule has 2 heterocycles. The fourth-order valence-electron chi connectivity index (χ4n) is 6.38. The molecule has 13 heteroatoms. The minimum absolute atomic E-state index is 0.0394. The van der Waals surface area contributed by atoms with Crippen LogP contribution in [0.5, 0.6) is 11.5 Å². The van der Waals surface area contributed by atoms with Gasteiger partial charge in [-0.1, -0.05) is 36.8 Å². The summed E-state index contributed by atoms with van der Waals surface area (Å²) in [7, 11) is -1.04. The number of hydrogen-bond donors (Lipinski definition) is 2. The second-order valence-electron chi connectivity index (χ2n) is 13.5. The van der Waals surface area contributed by atoms with E-state index >= 15 is 0 Å². The van der Waals surface area contributed by atoms with E-state index in [1.165, 1.54) is 4.90 Å². The van der Waals surface area contributed by atoms with Crippen molar-refractivity contribution < 1.29 is 42.1 Å². The van der Waals surface area contributed by atoms with Crippen LogP contribution in [0.25, 0.3) is 11.1 Å². The van der Waals surface area contributed by atoms with E-state index in [1.807, 2.05) is 30.3 Å². The van der Waals surface area contributed by atoms with Crippen LogP contribution in [0.4, 0.5) is 4.79 Å². The van der Waals surface area contributed by atoms with Crippen molar-refractivity contribution in [3.8, 4) is 22.6 Å². The van der Waals surface area contributed by atoms with E-state index in [0.29, 0.717) is 17.1 Å². The standard InChI is InChI=1S/C35H49N3O9S/c1-34(2,3)47-33(42)38-20-10-17-35(24-38,48(43,44)22-21-37-18-7-6-8-19-37)32(41)36-27(31(39)40)23-25-13-15-26(16-14-25)30-28(45-4)11-9-12-29(30)46-5/h9,11-16,27H,6-8,10,17-24H2,1-5H3,(H,36,41)(H,39,40)/t27-,35?/m0/s1. The number of benzene rings is 2. The van der Waals surface area contributed by atoms with Gasteiger partial charge in [-0.05, 0) is 82.8 Å². The first-order valence-electron chi connectivity index (χ1n) is 16.5. The molecular weight excluding hydrogens is 638 g/mol. The molecule has 48 heavy (non-hydrogen) atoms. The first-order chi connectivity index (χ1) is 22.7. The van der Waals surface area contributed by atoms with E-state index in [1.54, 1.807) is 47.1 Å². The lowest BCUT2D eigenvalue weighted by molar-refractivity contribution is -0.142. The third kappa shape index (κ3) is 8.79. The molecule has 2 aromatic carbocycles. The van der Waals surface area contributed by atoms with Crippen molar-refractivity contribution in [2.24, 2.45) is 0 Å². The summed E-state index contributed by atoms with van der Waals surface area (Å²) in [5, 5.41) is 12.8. The number of carboxylic acids is 1. The van der Waals surface area contributed by atoms with Crippen LogP contribution < -0.4 is 14.8 Å². The maximum absolute atomic E-state index is 14.2. The monoisotopic (exact) mass is 687 g/mol. The van der Waals surface area contributed by atoms with Gasteiger partial charge in [0, 0.05) is 19.5 Å². The fraction of sp³-hybridized carbons (Fsp3) is 0.571. The van der Waals surface area contributed by atoms with Gasteiger partial charge in [0.05, 0.1) is 32.1 Å². The van der Waals surface area contributed by atoms with Crippen molar-refractivity contribution in [2.75, 3.05) is 52.7 Å². The highest BCUT2D eigenvalue weighted by atomic mass is 32.2. The van der Waals surface area contributed by atoms with Gasteiger partial charge in [-0.15, -0.1) is 0 Å². The number of ether oxygens (including phenoxy) is 3. The lowest BCUT2D eigenvalue weighted by Gasteiger charge is -2.42. The third-order valence-corrected chi connectivity index (χ3v) is 11.4. The molecular formula is C35H49N3O9S. The molecule has 2 aliphatic heterocycles. The van der Waals surface area contributed by atoms with Crippen LogP contribution >= 0.6 is 0 Å². The summed E-state index contributed by atoms with van der Waals surface area (Å²) in [6.07, 6.45) is 2.44. The number of likely N-dealkylation sites (tertiary alicyclic amines) is 2. The largest absolute Gasteiger partial charge is 0.496 e. The Labute approximate surface area is 283 Å². The quantitative estimate of drug-likeness (QED) is 0.333. The summed E-state index contributed by atoms with van der Waals surface area (Å²) >= 11 is 0. The highest BCUT2D eigenvalue weighted by Gasteiger charge is 2.54. The van der Waals surface area contributed by atoms with E-state index in [4.69, 9.17) is 14.2 Å². The second kappa shape index (κ2) is 15.6. The van der Waals surface area contributed by atoms with Gasteiger partial charge in [-0.2, -0.15) is 0 Å². The molecule has 264 valence electrons. The molecule has 2 amide bonds.